The Kier molecular flexibility index (Phi) is 4.44. The second-order valence-corrected chi connectivity index (χ2v) is 5.07. The predicted octanol–water partition coefficient (Wildman–Crippen LogP) is 2.90. The third-order valence-corrected chi connectivity index (χ3v) is 3.36. The normalized spacial score (nSPS) is 18.7. The van der Waals surface area contributed by atoms with Crippen molar-refractivity contribution in [3.8, 4) is 0 Å². The van der Waals surface area contributed by atoms with Crippen molar-refractivity contribution in [2.45, 2.75) is 12.3 Å². The fourth-order valence-corrected chi connectivity index (χ4v) is 2.24. The first-order chi connectivity index (χ1) is 11.0. The molecule has 1 saturated heterocycles. The number of ether oxygens (including phenoxy) is 1. The van der Waals surface area contributed by atoms with Crippen LogP contribution in [-0.4, -0.2) is 29.7 Å². The molecule has 3 heterocycles. The van der Waals surface area contributed by atoms with Gasteiger partial charge in [-0.3, -0.25) is 4.98 Å². The lowest BCUT2D eigenvalue weighted by Crippen LogP contribution is -2.33. The highest BCUT2D eigenvalue weighted by Gasteiger charge is 2.32. The van der Waals surface area contributed by atoms with Gasteiger partial charge < -0.3 is 15.4 Å². The quantitative estimate of drug-likeness (QED) is 0.909. The molecule has 3 rings (SSSR count). The van der Waals surface area contributed by atoms with E-state index >= 15 is 0 Å². The number of morpholine rings is 1. The molecule has 23 heavy (non-hydrogen) atoms. The van der Waals surface area contributed by atoms with Gasteiger partial charge in [-0.2, -0.15) is 13.2 Å². The summed E-state index contributed by atoms with van der Waals surface area (Å²) in [6.07, 6.45) is -3.02. The highest BCUT2D eigenvalue weighted by molar-refractivity contribution is 5.55. The van der Waals surface area contributed by atoms with E-state index in [9.17, 15) is 13.2 Å². The van der Waals surface area contributed by atoms with Crippen LogP contribution >= 0.6 is 0 Å². The van der Waals surface area contributed by atoms with E-state index in [2.05, 4.69) is 20.6 Å². The van der Waals surface area contributed by atoms with Crippen LogP contribution in [0.25, 0.3) is 0 Å². The summed E-state index contributed by atoms with van der Waals surface area (Å²) in [4.78, 5) is 7.85. The molecule has 2 N–H and O–H groups in total. The molecule has 122 valence electrons. The molecule has 2 aromatic rings. The Morgan fingerprint density at radius 1 is 1.22 bits per heavy atom. The molecule has 1 aliphatic heterocycles. The molecule has 0 aliphatic carbocycles. The molecular weight excluding hydrogens is 309 g/mol. The van der Waals surface area contributed by atoms with Crippen LogP contribution in [0.15, 0.2) is 36.5 Å². The SMILES string of the molecule is FC(F)(F)c1cccc(Nc2ccc([C@@H]3CNCCO3)nc2)n1. The summed E-state index contributed by atoms with van der Waals surface area (Å²) < 4.78 is 43.5. The van der Waals surface area contributed by atoms with Crippen molar-refractivity contribution in [3.63, 3.8) is 0 Å². The van der Waals surface area contributed by atoms with Gasteiger partial charge in [0.05, 0.1) is 24.2 Å². The van der Waals surface area contributed by atoms with Gasteiger partial charge in [0.1, 0.15) is 17.6 Å². The van der Waals surface area contributed by atoms with E-state index in [0.717, 1.165) is 18.3 Å². The van der Waals surface area contributed by atoms with E-state index in [0.29, 0.717) is 18.8 Å². The van der Waals surface area contributed by atoms with Gasteiger partial charge in [0.25, 0.3) is 0 Å². The van der Waals surface area contributed by atoms with Crippen molar-refractivity contribution >= 4 is 11.5 Å². The van der Waals surface area contributed by atoms with Gasteiger partial charge in [0.15, 0.2) is 0 Å². The van der Waals surface area contributed by atoms with Crippen LogP contribution in [0.1, 0.15) is 17.5 Å². The van der Waals surface area contributed by atoms with Crippen LogP contribution in [0.3, 0.4) is 0 Å². The highest BCUT2D eigenvalue weighted by atomic mass is 19.4. The molecule has 0 radical (unpaired) electrons. The van der Waals surface area contributed by atoms with Gasteiger partial charge in [-0.15, -0.1) is 0 Å². The fraction of sp³-hybridized carbons (Fsp3) is 0.333. The molecule has 1 fully saturated rings. The van der Waals surface area contributed by atoms with Crippen molar-refractivity contribution in [2.75, 3.05) is 25.0 Å². The number of hydrogen-bond donors (Lipinski definition) is 2. The lowest BCUT2D eigenvalue weighted by atomic mass is 10.2. The topological polar surface area (TPSA) is 59.1 Å². The minimum absolute atomic E-state index is 0.107. The fourth-order valence-electron chi connectivity index (χ4n) is 2.24. The van der Waals surface area contributed by atoms with Gasteiger partial charge >= 0.3 is 6.18 Å². The van der Waals surface area contributed by atoms with Gasteiger partial charge in [-0.1, -0.05) is 6.07 Å². The number of alkyl halides is 3. The van der Waals surface area contributed by atoms with Crippen LogP contribution < -0.4 is 10.6 Å². The smallest absolute Gasteiger partial charge is 0.369 e. The summed E-state index contributed by atoms with van der Waals surface area (Å²) >= 11 is 0. The standard InChI is InChI=1S/C15H15F3N4O/c16-15(17,18)13-2-1-3-14(22-13)21-10-4-5-11(20-8-10)12-9-19-6-7-23-12/h1-5,8,12,19H,6-7,9H2,(H,21,22)/t12-/m0/s1. The van der Waals surface area contributed by atoms with Crippen molar-refractivity contribution in [1.82, 2.24) is 15.3 Å². The zero-order chi connectivity index (χ0) is 16.3. The van der Waals surface area contributed by atoms with Crippen LogP contribution in [0.2, 0.25) is 0 Å². The third kappa shape index (κ3) is 3.96. The Labute approximate surface area is 130 Å². The Hall–Kier alpha value is -2.19. The second-order valence-electron chi connectivity index (χ2n) is 5.07. The van der Waals surface area contributed by atoms with Crippen LogP contribution in [0, 0.1) is 0 Å². The second kappa shape index (κ2) is 6.51. The lowest BCUT2D eigenvalue weighted by Gasteiger charge is -2.23. The van der Waals surface area contributed by atoms with Crippen LogP contribution in [0.4, 0.5) is 24.7 Å². The first-order valence-electron chi connectivity index (χ1n) is 7.12. The number of nitrogens with one attached hydrogen (secondary N) is 2. The van der Waals surface area contributed by atoms with Crippen molar-refractivity contribution in [2.24, 2.45) is 0 Å². The molecule has 0 spiro atoms. The summed E-state index contributed by atoms with van der Waals surface area (Å²) in [5.74, 6) is 0.116. The Morgan fingerprint density at radius 3 is 2.74 bits per heavy atom. The van der Waals surface area contributed by atoms with Crippen LogP contribution in [0.5, 0.6) is 0 Å². The van der Waals surface area contributed by atoms with E-state index in [1.54, 1.807) is 18.3 Å². The summed E-state index contributed by atoms with van der Waals surface area (Å²) in [6.45, 7) is 2.13. The number of nitrogens with zero attached hydrogens (tertiary/aromatic N) is 2. The molecule has 0 bridgehead atoms. The van der Waals surface area contributed by atoms with Gasteiger partial charge in [0.2, 0.25) is 0 Å². The lowest BCUT2D eigenvalue weighted by molar-refractivity contribution is -0.141. The maximum atomic E-state index is 12.6. The van der Waals surface area contributed by atoms with Gasteiger partial charge in [-0.25, -0.2) is 4.98 Å². The third-order valence-electron chi connectivity index (χ3n) is 3.36. The van der Waals surface area contributed by atoms with Crippen molar-refractivity contribution in [1.29, 1.82) is 0 Å². The van der Waals surface area contributed by atoms with Crippen LogP contribution in [-0.2, 0) is 10.9 Å². The number of hydrogen-bond acceptors (Lipinski definition) is 5. The van der Waals surface area contributed by atoms with E-state index in [1.165, 1.54) is 12.1 Å². The van der Waals surface area contributed by atoms with E-state index in [4.69, 9.17) is 4.74 Å². The minimum atomic E-state index is -4.47. The zero-order valence-corrected chi connectivity index (χ0v) is 12.1. The summed E-state index contributed by atoms with van der Waals surface area (Å²) in [5, 5.41) is 6.03. The summed E-state index contributed by atoms with van der Waals surface area (Å²) in [5.41, 5.74) is 0.401. The van der Waals surface area contributed by atoms with E-state index in [-0.39, 0.29) is 11.9 Å². The van der Waals surface area contributed by atoms with E-state index in [1.807, 2.05) is 0 Å². The number of pyridine rings is 2. The predicted molar refractivity (Wildman–Crippen MR) is 78.3 cm³/mol. The Balaban J connectivity index is 1.71. The molecule has 1 aliphatic rings. The first kappa shape index (κ1) is 15.7. The summed E-state index contributed by atoms with van der Waals surface area (Å²) in [7, 11) is 0. The van der Waals surface area contributed by atoms with Gasteiger partial charge in [-0.05, 0) is 24.3 Å². The molecular formula is C15H15F3N4O. The molecule has 2 aromatic heterocycles. The molecule has 8 heteroatoms. The molecule has 0 saturated carbocycles. The Morgan fingerprint density at radius 2 is 2.09 bits per heavy atom. The maximum Gasteiger partial charge on any atom is 0.433 e. The van der Waals surface area contributed by atoms with Gasteiger partial charge in [0, 0.05) is 13.1 Å². The van der Waals surface area contributed by atoms with Crippen molar-refractivity contribution in [3.05, 3.63) is 47.9 Å². The zero-order valence-electron chi connectivity index (χ0n) is 12.1. The highest BCUT2D eigenvalue weighted by Crippen LogP contribution is 2.28. The monoisotopic (exact) mass is 324 g/mol. The maximum absolute atomic E-state index is 12.6. The molecule has 0 amide bonds. The average molecular weight is 324 g/mol. The van der Waals surface area contributed by atoms with Crippen molar-refractivity contribution < 1.29 is 17.9 Å². The average Bonchev–Trinajstić information content (AvgIpc) is 2.56. The first-order valence-corrected chi connectivity index (χ1v) is 7.12. The molecule has 0 unspecified atom stereocenters. The minimum Gasteiger partial charge on any atom is -0.369 e. The number of rotatable bonds is 3. The largest absolute Gasteiger partial charge is 0.433 e. The number of aromatic nitrogens is 2. The Bertz CT molecular complexity index is 655. The molecule has 5 nitrogen and oxygen atoms in total. The molecule has 1 atom stereocenters. The number of halogens is 3. The molecule has 0 aromatic carbocycles. The van der Waals surface area contributed by atoms with E-state index < -0.39 is 11.9 Å². The number of anilines is 2. The summed E-state index contributed by atoms with van der Waals surface area (Å²) in [6, 6.07) is 7.23.